The lowest BCUT2D eigenvalue weighted by atomic mass is 9.96. The molecule has 3 atom stereocenters. The standard InChI is InChI=1S/C19H19N3O5S/c1-19(2)15(18(26)27)22-16(25)14(17(22)28-19)20-13(24)9-21-8-7-12(23)10-5-3-4-6-11(10)21/h3-8,14-15,17H,9H2,1-2H3,(H,20,24)(H,26,27)/t14?,15-,17+/m0/s1. The van der Waals surface area contributed by atoms with Crippen molar-refractivity contribution in [2.24, 2.45) is 0 Å². The molecule has 2 fully saturated rings. The van der Waals surface area contributed by atoms with Gasteiger partial charge in [-0.25, -0.2) is 4.79 Å². The Morgan fingerprint density at radius 3 is 2.64 bits per heavy atom. The third-order valence-electron chi connectivity index (χ3n) is 5.19. The van der Waals surface area contributed by atoms with E-state index >= 15 is 0 Å². The smallest absolute Gasteiger partial charge is 0.327 e. The molecule has 0 radical (unpaired) electrons. The fraction of sp³-hybridized carbons (Fsp3) is 0.368. The molecular weight excluding hydrogens is 382 g/mol. The summed E-state index contributed by atoms with van der Waals surface area (Å²) in [5.74, 6) is -1.80. The first-order valence-corrected chi connectivity index (χ1v) is 9.69. The molecule has 1 unspecified atom stereocenters. The minimum absolute atomic E-state index is 0.0479. The average molecular weight is 401 g/mol. The van der Waals surface area contributed by atoms with E-state index < -0.39 is 28.2 Å². The molecule has 0 aliphatic carbocycles. The highest BCUT2D eigenvalue weighted by Crippen LogP contribution is 2.50. The van der Waals surface area contributed by atoms with Gasteiger partial charge in [0.2, 0.25) is 11.8 Å². The second-order valence-electron chi connectivity index (χ2n) is 7.47. The number of pyridine rings is 1. The number of β-lactam (4-membered cyclic amide) rings is 1. The summed E-state index contributed by atoms with van der Waals surface area (Å²) in [6.07, 6.45) is 1.55. The van der Waals surface area contributed by atoms with Crippen LogP contribution in [-0.4, -0.2) is 54.6 Å². The second-order valence-corrected chi connectivity index (χ2v) is 9.24. The highest BCUT2D eigenvalue weighted by Gasteiger charge is 2.64. The number of carbonyl (C=O) groups excluding carboxylic acids is 2. The van der Waals surface area contributed by atoms with E-state index in [1.807, 2.05) is 0 Å². The predicted molar refractivity (Wildman–Crippen MR) is 104 cm³/mol. The molecule has 8 nitrogen and oxygen atoms in total. The number of benzene rings is 1. The third kappa shape index (κ3) is 2.77. The van der Waals surface area contributed by atoms with Crippen LogP contribution in [0, 0.1) is 0 Å². The van der Waals surface area contributed by atoms with Crippen molar-refractivity contribution in [1.29, 1.82) is 0 Å². The van der Waals surface area contributed by atoms with Crippen molar-refractivity contribution in [2.45, 2.75) is 42.6 Å². The molecule has 4 rings (SSSR count). The Kier molecular flexibility index (Phi) is 4.22. The molecule has 146 valence electrons. The van der Waals surface area contributed by atoms with Gasteiger partial charge in [-0.1, -0.05) is 12.1 Å². The molecule has 9 heteroatoms. The number of rotatable bonds is 4. The van der Waals surface area contributed by atoms with Crippen molar-refractivity contribution in [2.75, 3.05) is 0 Å². The normalized spacial score (nSPS) is 25.3. The number of carbonyl (C=O) groups is 3. The van der Waals surface area contributed by atoms with E-state index in [9.17, 15) is 24.3 Å². The molecule has 28 heavy (non-hydrogen) atoms. The van der Waals surface area contributed by atoms with Crippen molar-refractivity contribution < 1.29 is 19.5 Å². The maximum Gasteiger partial charge on any atom is 0.327 e. The molecule has 2 amide bonds. The van der Waals surface area contributed by atoms with Gasteiger partial charge in [-0.05, 0) is 26.0 Å². The first-order chi connectivity index (χ1) is 13.2. The number of aromatic nitrogens is 1. The molecule has 0 saturated carbocycles. The van der Waals surface area contributed by atoms with Crippen molar-refractivity contribution in [3.8, 4) is 0 Å². The number of hydrogen-bond donors (Lipinski definition) is 2. The van der Waals surface area contributed by atoms with Gasteiger partial charge >= 0.3 is 5.97 Å². The van der Waals surface area contributed by atoms with Crippen LogP contribution in [0.4, 0.5) is 0 Å². The van der Waals surface area contributed by atoms with E-state index in [-0.39, 0.29) is 23.8 Å². The molecule has 2 N–H and O–H groups in total. The molecule has 0 bridgehead atoms. The summed E-state index contributed by atoms with van der Waals surface area (Å²) < 4.78 is 1.01. The zero-order chi connectivity index (χ0) is 20.2. The van der Waals surface area contributed by atoms with E-state index in [2.05, 4.69) is 5.32 Å². The van der Waals surface area contributed by atoms with E-state index in [1.165, 1.54) is 22.7 Å². The molecule has 2 aromatic rings. The number of amides is 2. The average Bonchev–Trinajstić information content (AvgIpc) is 2.90. The van der Waals surface area contributed by atoms with Gasteiger partial charge in [0, 0.05) is 22.4 Å². The summed E-state index contributed by atoms with van der Waals surface area (Å²) in [4.78, 5) is 49.9. The summed E-state index contributed by atoms with van der Waals surface area (Å²) in [7, 11) is 0. The Labute approximate surface area is 164 Å². The molecule has 1 aromatic heterocycles. The van der Waals surface area contributed by atoms with Gasteiger partial charge in [0.15, 0.2) is 5.43 Å². The molecule has 2 aliphatic rings. The number of para-hydroxylation sites is 1. The first kappa shape index (κ1) is 18.5. The summed E-state index contributed by atoms with van der Waals surface area (Å²) >= 11 is 1.38. The van der Waals surface area contributed by atoms with Gasteiger partial charge < -0.3 is 19.9 Å². The van der Waals surface area contributed by atoms with Crippen LogP contribution in [0.5, 0.6) is 0 Å². The van der Waals surface area contributed by atoms with Crippen LogP contribution in [0.25, 0.3) is 10.9 Å². The van der Waals surface area contributed by atoms with E-state index in [1.54, 1.807) is 48.9 Å². The first-order valence-electron chi connectivity index (χ1n) is 8.81. The van der Waals surface area contributed by atoms with Gasteiger partial charge in [0.05, 0.1) is 5.52 Å². The number of nitrogens with one attached hydrogen (secondary N) is 1. The SMILES string of the molecule is CC1(C)S[C@@H]2C(NC(=O)Cn3ccc(=O)c4ccccc43)C(=O)N2[C@H]1C(=O)O. The summed E-state index contributed by atoms with van der Waals surface area (Å²) in [5.41, 5.74) is 0.510. The fourth-order valence-corrected chi connectivity index (χ4v) is 5.54. The minimum Gasteiger partial charge on any atom is -0.480 e. The second kappa shape index (κ2) is 6.37. The molecule has 2 saturated heterocycles. The lowest BCUT2D eigenvalue weighted by Crippen LogP contribution is -2.70. The molecule has 1 aromatic carbocycles. The lowest BCUT2D eigenvalue weighted by Gasteiger charge is -2.43. The molecule has 2 aliphatic heterocycles. The monoisotopic (exact) mass is 401 g/mol. The Balaban J connectivity index is 1.51. The number of carboxylic acids is 1. The quantitative estimate of drug-likeness (QED) is 0.728. The van der Waals surface area contributed by atoms with Crippen molar-refractivity contribution in [1.82, 2.24) is 14.8 Å². The fourth-order valence-electron chi connectivity index (χ4n) is 3.92. The zero-order valence-corrected chi connectivity index (χ0v) is 16.1. The van der Waals surface area contributed by atoms with Crippen molar-refractivity contribution >= 4 is 40.4 Å². The van der Waals surface area contributed by atoms with Gasteiger partial charge in [0.1, 0.15) is 24.0 Å². The Hall–Kier alpha value is -2.81. The Morgan fingerprint density at radius 1 is 1.21 bits per heavy atom. The molecule has 0 spiro atoms. The maximum absolute atomic E-state index is 12.5. The number of carboxylic acid groups (broad SMARTS) is 1. The van der Waals surface area contributed by atoms with Crippen LogP contribution < -0.4 is 10.7 Å². The van der Waals surface area contributed by atoms with Gasteiger partial charge in [-0.2, -0.15) is 0 Å². The lowest BCUT2D eigenvalue weighted by molar-refractivity contribution is -0.161. The summed E-state index contributed by atoms with van der Waals surface area (Å²) in [5, 5.41) is 12.3. The molecule has 3 heterocycles. The van der Waals surface area contributed by atoms with Gasteiger partial charge in [-0.3, -0.25) is 14.4 Å². The van der Waals surface area contributed by atoms with Gasteiger partial charge in [0.25, 0.3) is 0 Å². The predicted octanol–water partition coefficient (Wildman–Crippen LogP) is 0.633. The number of aliphatic carboxylic acids is 1. The Bertz CT molecular complexity index is 1060. The van der Waals surface area contributed by atoms with Crippen molar-refractivity contribution in [3.05, 3.63) is 46.8 Å². The topological polar surface area (TPSA) is 109 Å². The van der Waals surface area contributed by atoms with Crippen LogP contribution in [0.2, 0.25) is 0 Å². The van der Waals surface area contributed by atoms with Crippen LogP contribution in [0.1, 0.15) is 13.8 Å². The van der Waals surface area contributed by atoms with Gasteiger partial charge in [-0.15, -0.1) is 11.8 Å². The highest BCUT2D eigenvalue weighted by atomic mass is 32.2. The zero-order valence-electron chi connectivity index (χ0n) is 15.3. The summed E-state index contributed by atoms with van der Waals surface area (Å²) in [6, 6.07) is 6.74. The van der Waals surface area contributed by atoms with Crippen LogP contribution in [-0.2, 0) is 20.9 Å². The largest absolute Gasteiger partial charge is 0.480 e. The molecular formula is C19H19N3O5S. The maximum atomic E-state index is 12.5. The van der Waals surface area contributed by atoms with Crippen molar-refractivity contribution in [3.63, 3.8) is 0 Å². The van der Waals surface area contributed by atoms with Crippen LogP contribution in [0.3, 0.4) is 0 Å². The van der Waals surface area contributed by atoms with Crippen LogP contribution in [0.15, 0.2) is 41.3 Å². The minimum atomic E-state index is -1.04. The number of hydrogen-bond acceptors (Lipinski definition) is 5. The number of thioether (sulfide) groups is 1. The number of fused-ring (bicyclic) bond motifs is 2. The Morgan fingerprint density at radius 2 is 1.93 bits per heavy atom. The van der Waals surface area contributed by atoms with E-state index in [4.69, 9.17) is 0 Å². The number of nitrogens with zero attached hydrogens (tertiary/aromatic N) is 2. The summed E-state index contributed by atoms with van der Waals surface area (Å²) in [6.45, 7) is 3.52. The van der Waals surface area contributed by atoms with E-state index in [0.717, 1.165) is 0 Å². The van der Waals surface area contributed by atoms with E-state index in [0.29, 0.717) is 10.9 Å². The highest BCUT2D eigenvalue weighted by molar-refractivity contribution is 8.01. The third-order valence-corrected chi connectivity index (χ3v) is 6.76. The van der Waals surface area contributed by atoms with Crippen LogP contribution >= 0.6 is 11.8 Å².